The predicted octanol–water partition coefficient (Wildman–Crippen LogP) is 1.80. The smallest absolute Gasteiger partial charge is 0.234 e. The number of amides is 1. The first-order valence-electron chi connectivity index (χ1n) is 8.40. The van der Waals surface area contributed by atoms with Crippen molar-refractivity contribution in [3.8, 4) is 5.75 Å². The number of para-hydroxylation sites is 1. The third-order valence-electron chi connectivity index (χ3n) is 4.59. The summed E-state index contributed by atoms with van der Waals surface area (Å²) in [4.78, 5) is 14.6. The van der Waals surface area contributed by atoms with Crippen LogP contribution in [0.15, 0.2) is 24.3 Å². The van der Waals surface area contributed by atoms with Crippen LogP contribution >= 0.6 is 0 Å². The maximum Gasteiger partial charge on any atom is 0.234 e. The Morgan fingerprint density at radius 1 is 1.39 bits per heavy atom. The quantitative estimate of drug-likeness (QED) is 0.839. The Labute approximate surface area is 139 Å². The Kier molecular flexibility index (Phi) is 6.42. The molecule has 1 aromatic carbocycles. The molecule has 1 aromatic rings. The third-order valence-corrected chi connectivity index (χ3v) is 4.59. The molecule has 5 heteroatoms. The van der Waals surface area contributed by atoms with E-state index in [1.54, 1.807) is 7.11 Å². The van der Waals surface area contributed by atoms with E-state index in [0.29, 0.717) is 12.5 Å². The van der Waals surface area contributed by atoms with E-state index in [9.17, 15) is 4.79 Å². The van der Waals surface area contributed by atoms with Crippen molar-refractivity contribution in [3.05, 3.63) is 29.8 Å². The molecule has 0 bridgehead atoms. The van der Waals surface area contributed by atoms with Gasteiger partial charge in [-0.25, -0.2) is 0 Å². The van der Waals surface area contributed by atoms with Crippen LogP contribution in [0.25, 0.3) is 0 Å². The van der Waals surface area contributed by atoms with Crippen LogP contribution in [0.2, 0.25) is 0 Å². The van der Waals surface area contributed by atoms with Gasteiger partial charge in [-0.05, 0) is 18.9 Å². The van der Waals surface area contributed by atoms with Gasteiger partial charge in [-0.15, -0.1) is 0 Å². The minimum absolute atomic E-state index is 0.0907. The fraction of sp³-hybridized carbons (Fsp3) is 0.611. The number of piperazine rings is 1. The molecular weight excluding hydrogens is 290 g/mol. The highest BCUT2D eigenvalue weighted by molar-refractivity contribution is 5.78. The summed E-state index contributed by atoms with van der Waals surface area (Å²) in [7, 11) is 1.69. The molecule has 2 atom stereocenters. The van der Waals surface area contributed by atoms with Gasteiger partial charge in [0.2, 0.25) is 5.91 Å². The zero-order valence-electron chi connectivity index (χ0n) is 14.6. The van der Waals surface area contributed by atoms with Gasteiger partial charge >= 0.3 is 0 Å². The molecule has 1 aliphatic heterocycles. The molecule has 128 valence electrons. The maximum atomic E-state index is 12.4. The van der Waals surface area contributed by atoms with E-state index < -0.39 is 0 Å². The summed E-state index contributed by atoms with van der Waals surface area (Å²) in [5.74, 6) is 1.40. The summed E-state index contributed by atoms with van der Waals surface area (Å²) in [6, 6.07) is 8.39. The van der Waals surface area contributed by atoms with Crippen LogP contribution in [0.4, 0.5) is 0 Å². The Morgan fingerprint density at radius 2 is 2.13 bits per heavy atom. The number of carbonyl (C=O) groups is 1. The SMILES string of the molecule is COc1ccccc1C1CNCCN1CC(=O)NC(C)C(C)C. The van der Waals surface area contributed by atoms with Crippen molar-refractivity contribution in [1.82, 2.24) is 15.5 Å². The molecule has 1 heterocycles. The van der Waals surface area contributed by atoms with Crippen molar-refractivity contribution in [1.29, 1.82) is 0 Å². The summed E-state index contributed by atoms with van der Waals surface area (Å²) in [6.07, 6.45) is 0. The molecule has 23 heavy (non-hydrogen) atoms. The lowest BCUT2D eigenvalue weighted by Crippen LogP contribution is -2.50. The number of benzene rings is 1. The molecule has 5 nitrogen and oxygen atoms in total. The van der Waals surface area contributed by atoms with Crippen molar-refractivity contribution >= 4 is 5.91 Å². The number of nitrogens with zero attached hydrogens (tertiary/aromatic N) is 1. The highest BCUT2D eigenvalue weighted by Crippen LogP contribution is 2.29. The molecule has 1 saturated heterocycles. The van der Waals surface area contributed by atoms with E-state index in [4.69, 9.17) is 4.74 Å². The van der Waals surface area contributed by atoms with Gasteiger partial charge in [-0.1, -0.05) is 32.0 Å². The van der Waals surface area contributed by atoms with Gasteiger partial charge in [-0.2, -0.15) is 0 Å². The average Bonchev–Trinajstić information content (AvgIpc) is 2.55. The number of hydrogen-bond acceptors (Lipinski definition) is 4. The van der Waals surface area contributed by atoms with Crippen LogP contribution in [0.1, 0.15) is 32.4 Å². The lowest BCUT2D eigenvalue weighted by molar-refractivity contribution is -0.124. The van der Waals surface area contributed by atoms with Gasteiger partial charge in [0, 0.05) is 31.2 Å². The van der Waals surface area contributed by atoms with E-state index in [1.807, 2.05) is 18.2 Å². The van der Waals surface area contributed by atoms with Crippen LogP contribution in [0.5, 0.6) is 5.75 Å². The molecule has 1 amide bonds. The molecule has 0 aliphatic carbocycles. The molecule has 2 N–H and O–H groups in total. The van der Waals surface area contributed by atoms with Gasteiger partial charge in [0.1, 0.15) is 5.75 Å². The maximum absolute atomic E-state index is 12.4. The molecule has 0 radical (unpaired) electrons. The van der Waals surface area contributed by atoms with E-state index in [0.717, 1.165) is 30.9 Å². The number of rotatable bonds is 6. The molecule has 1 aliphatic rings. The monoisotopic (exact) mass is 319 g/mol. The summed E-state index contributed by atoms with van der Waals surface area (Å²) < 4.78 is 5.49. The molecule has 2 unspecified atom stereocenters. The zero-order chi connectivity index (χ0) is 16.8. The molecular formula is C18H29N3O2. The first-order valence-corrected chi connectivity index (χ1v) is 8.40. The highest BCUT2D eigenvalue weighted by Gasteiger charge is 2.28. The number of carbonyl (C=O) groups excluding carboxylic acids is 1. The van der Waals surface area contributed by atoms with Crippen molar-refractivity contribution in [2.45, 2.75) is 32.9 Å². The lowest BCUT2D eigenvalue weighted by Gasteiger charge is -2.36. The standard InChI is InChI=1S/C18H29N3O2/c1-13(2)14(3)20-18(22)12-21-10-9-19-11-16(21)15-7-5-6-8-17(15)23-4/h5-8,13-14,16,19H,9-12H2,1-4H3,(H,20,22). The molecule has 2 rings (SSSR count). The first kappa shape index (κ1) is 17.8. The van der Waals surface area contributed by atoms with Gasteiger partial charge in [0.25, 0.3) is 0 Å². The largest absolute Gasteiger partial charge is 0.496 e. The summed E-state index contributed by atoms with van der Waals surface area (Å²) >= 11 is 0. The van der Waals surface area contributed by atoms with Crippen molar-refractivity contribution in [2.24, 2.45) is 5.92 Å². The van der Waals surface area contributed by atoms with Gasteiger partial charge in [-0.3, -0.25) is 9.69 Å². The number of hydrogen-bond donors (Lipinski definition) is 2. The molecule has 1 fully saturated rings. The molecule has 0 aromatic heterocycles. The minimum atomic E-state index is 0.0907. The first-order chi connectivity index (χ1) is 11.0. The minimum Gasteiger partial charge on any atom is -0.496 e. The summed E-state index contributed by atoms with van der Waals surface area (Å²) in [5, 5.41) is 6.51. The van der Waals surface area contributed by atoms with Gasteiger partial charge in [0.05, 0.1) is 19.7 Å². The number of ether oxygens (including phenoxy) is 1. The Hall–Kier alpha value is -1.59. The van der Waals surface area contributed by atoms with Crippen LogP contribution < -0.4 is 15.4 Å². The summed E-state index contributed by atoms with van der Waals surface area (Å²) in [6.45, 7) is 9.29. The van der Waals surface area contributed by atoms with E-state index in [2.05, 4.69) is 42.4 Å². The van der Waals surface area contributed by atoms with E-state index in [-0.39, 0.29) is 18.0 Å². The molecule has 0 spiro atoms. The molecule has 0 saturated carbocycles. The Bertz CT molecular complexity index is 519. The second-order valence-electron chi connectivity index (χ2n) is 6.53. The number of nitrogens with one attached hydrogen (secondary N) is 2. The third kappa shape index (κ3) is 4.69. The van der Waals surface area contributed by atoms with E-state index in [1.165, 1.54) is 0 Å². The zero-order valence-corrected chi connectivity index (χ0v) is 14.6. The topological polar surface area (TPSA) is 53.6 Å². The predicted molar refractivity (Wildman–Crippen MR) is 92.6 cm³/mol. The van der Waals surface area contributed by atoms with Crippen LogP contribution in [-0.2, 0) is 4.79 Å². The fourth-order valence-corrected chi connectivity index (χ4v) is 2.83. The highest BCUT2D eigenvalue weighted by atomic mass is 16.5. The number of methoxy groups -OCH3 is 1. The van der Waals surface area contributed by atoms with Gasteiger partial charge in [0.15, 0.2) is 0 Å². The lowest BCUT2D eigenvalue weighted by atomic mass is 10.0. The second kappa shape index (κ2) is 8.31. The van der Waals surface area contributed by atoms with Crippen molar-refractivity contribution in [3.63, 3.8) is 0 Å². The van der Waals surface area contributed by atoms with E-state index >= 15 is 0 Å². The summed E-state index contributed by atoms with van der Waals surface area (Å²) in [5.41, 5.74) is 1.13. The van der Waals surface area contributed by atoms with Gasteiger partial charge < -0.3 is 15.4 Å². The van der Waals surface area contributed by atoms with Crippen LogP contribution in [0, 0.1) is 5.92 Å². The fourth-order valence-electron chi connectivity index (χ4n) is 2.83. The Balaban J connectivity index is 2.08. The normalized spacial score (nSPS) is 20.3. The van der Waals surface area contributed by atoms with Crippen molar-refractivity contribution in [2.75, 3.05) is 33.3 Å². The second-order valence-corrected chi connectivity index (χ2v) is 6.53. The average molecular weight is 319 g/mol. The Morgan fingerprint density at radius 3 is 2.83 bits per heavy atom. The van der Waals surface area contributed by atoms with Crippen LogP contribution in [-0.4, -0.2) is 50.1 Å². The van der Waals surface area contributed by atoms with Crippen molar-refractivity contribution < 1.29 is 9.53 Å². The van der Waals surface area contributed by atoms with Crippen LogP contribution in [0.3, 0.4) is 0 Å².